The van der Waals surface area contributed by atoms with Gasteiger partial charge in [-0.25, -0.2) is 0 Å². The highest BCUT2D eigenvalue weighted by Gasteiger charge is 1.94. The van der Waals surface area contributed by atoms with Gasteiger partial charge in [0.2, 0.25) is 5.91 Å². The zero-order chi connectivity index (χ0) is 6.69. The molecule has 1 aromatic heterocycles. The van der Waals surface area contributed by atoms with Gasteiger partial charge in [-0.15, -0.1) is 0 Å². The molecule has 0 aromatic carbocycles. The van der Waals surface area contributed by atoms with E-state index in [4.69, 9.17) is 0 Å². The zero-order valence-electron chi connectivity index (χ0n) is 4.63. The first-order valence-electron chi connectivity index (χ1n) is 2.31. The van der Waals surface area contributed by atoms with Crippen LogP contribution in [0.25, 0.3) is 0 Å². The lowest BCUT2D eigenvalue weighted by Gasteiger charge is -1.90. The van der Waals surface area contributed by atoms with E-state index in [1.165, 1.54) is 12.5 Å². The SMILES string of the molecule is [CH2]C(=O)Nc1cnoc1. The monoisotopic (exact) mass is 125 g/mol. The Morgan fingerprint density at radius 1 is 1.89 bits per heavy atom. The summed E-state index contributed by atoms with van der Waals surface area (Å²) in [5.74, 6) is -0.377. The Kier molecular flexibility index (Phi) is 1.48. The molecule has 0 atom stereocenters. The topological polar surface area (TPSA) is 55.1 Å². The predicted molar refractivity (Wildman–Crippen MR) is 30.5 cm³/mol. The fourth-order valence-corrected chi connectivity index (χ4v) is 0.428. The quantitative estimate of drug-likeness (QED) is 0.592. The summed E-state index contributed by atoms with van der Waals surface area (Å²) >= 11 is 0. The third kappa shape index (κ3) is 1.56. The fourth-order valence-electron chi connectivity index (χ4n) is 0.428. The van der Waals surface area contributed by atoms with E-state index < -0.39 is 0 Å². The van der Waals surface area contributed by atoms with Crippen LogP contribution in [0.1, 0.15) is 0 Å². The van der Waals surface area contributed by atoms with Gasteiger partial charge >= 0.3 is 0 Å². The summed E-state index contributed by atoms with van der Waals surface area (Å²) in [6.45, 7) is 3.09. The minimum atomic E-state index is -0.377. The Labute approximate surface area is 51.8 Å². The molecule has 0 bridgehead atoms. The molecule has 0 unspecified atom stereocenters. The molecule has 1 aromatic rings. The maximum atomic E-state index is 10.2. The molecule has 1 N–H and O–H groups in total. The average Bonchev–Trinajstić information content (AvgIpc) is 2.15. The smallest absolute Gasteiger partial charge is 0.225 e. The minimum Gasteiger partial charge on any atom is -0.363 e. The molecular formula is C5H5N2O2. The molecule has 0 saturated heterocycles. The molecule has 1 heterocycles. The first-order chi connectivity index (χ1) is 4.29. The van der Waals surface area contributed by atoms with Crippen molar-refractivity contribution < 1.29 is 9.32 Å². The van der Waals surface area contributed by atoms with Gasteiger partial charge in [0.1, 0.15) is 12.0 Å². The number of carbonyl (C=O) groups is 1. The van der Waals surface area contributed by atoms with E-state index in [1.807, 2.05) is 0 Å². The normalized spacial score (nSPS) is 9.00. The minimum absolute atomic E-state index is 0.377. The summed E-state index contributed by atoms with van der Waals surface area (Å²) < 4.78 is 4.42. The van der Waals surface area contributed by atoms with Crippen molar-refractivity contribution in [2.45, 2.75) is 0 Å². The first kappa shape index (κ1) is 5.81. The number of hydrogen-bond acceptors (Lipinski definition) is 3. The fraction of sp³-hybridized carbons (Fsp3) is 0. The van der Waals surface area contributed by atoms with E-state index in [2.05, 4.69) is 21.9 Å². The van der Waals surface area contributed by atoms with E-state index >= 15 is 0 Å². The van der Waals surface area contributed by atoms with Gasteiger partial charge in [0, 0.05) is 6.92 Å². The molecule has 0 fully saturated rings. The van der Waals surface area contributed by atoms with Crippen LogP contribution in [0.4, 0.5) is 5.69 Å². The molecule has 4 nitrogen and oxygen atoms in total. The van der Waals surface area contributed by atoms with Crippen LogP contribution in [-0.2, 0) is 4.79 Å². The molecule has 0 aliphatic carbocycles. The average molecular weight is 125 g/mol. The molecule has 4 heteroatoms. The second-order valence-electron chi connectivity index (χ2n) is 1.46. The van der Waals surface area contributed by atoms with Crippen LogP contribution < -0.4 is 5.32 Å². The highest BCUT2D eigenvalue weighted by molar-refractivity contribution is 5.93. The standard InChI is InChI=1S/C5H5N2O2/c1-4(8)7-5-2-6-9-3-5/h2-3H,1H2,(H,7,8). The van der Waals surface area contributed by atoms with Crippen LogP contribution >= 0.6 is 0 Å². The van der Waals surface area contributed by atoms with Crippen LogP contribution in [0.3, 0.4) is 0 Å². The van der Waals surface area contributed by atoms with Gasteiger partial charge < -0.3 is 9.84 Å². The number of nitrogens with one attached hydrogen (secondary N) is 1. The van der Waals surface area contributed by atoms with Crippen molar-refractivity contribution in [1.82, 2.24) is 5.16 Å². The molecule has 1 amide bonds. The Morgan fingerprint density at radius 3 is 3.11 bits per heavy atom. The van der Waals surface area contributed by atoms with Crippen molar-refractivity contribution in [2.75, 3.05) is 5.32 Å². The zero-order valence-corrected chi connectivity index (χ0v) is 4.63. The second-order valence-corrected chi connectivity index (χ2v) is 1.46. The van der Waals surface area contributed by atoms with E-state index in [9.17, 15) is 4.79 Å². The maximum Gasteiger partial charge on any atom is 0.225 e. The van der Waals surface area contributed by atoms with Gasteiger partial charge in [-0.2, -0.15) is 0 Å². The highest BCUT2D eigenvalue weighted by atomic mass is 16.5. The van der Waals surface area contributed by atoms with Crippen molar-refractivity contribution in [2.24, 2.45) is 0 Å². The van der Waals surface area contributed by atoms with Gasteiger partial charge in [0.15, 0.2) is 0 Å². The van der Waals surface area contributed by atoms with Crippen LogP contribution in [-0.4, -0.2) is 11.1 Å². The van der Waals surface area contributed by atoms with Gasteiger partial charge in [-0.3, -0.25) is 4.79 Å². The van der Waals surface area contributed by atoms with Crippen LogP contribution in [0.2, 0.25) is 0 Å². The molecule has 0 saturated carbocycles. The lowest BCUT2D eigenvalue weighted by molar-refractivity contribution is -0.112. The molecule has 1 radical (unpaired) electrons. The third-order valence-electron chi connectivity index (χ3n) is 0.716. The highest BCUT2D eigenvalue weighted by Crippen LogP contribution is 2.01. The van der Waals surface area contributed by atoms with Gasteiger partial charge in [0.25, 0.3) is 0 Å². The largest absolute Gasteiger partial charge is 0.363 e. The van der Waals surface area contributed by atoms with E-state index in [0.29, 0.717) is 5.69 Å². The molecular weight excluding hydrogens is 120 g/mol. The Hall–Kier alpha value is -1.32. The maximum absolute atomic E-state index is 10.2. The summed E-state index contributed by atoms with van der Waals surface area (Å²) in [5, 5.41) is 5.74. The summed E-state index contributed by atoms with van der Waals surface area (Å²) in [5.41, 5.74) is 0.523. The van der Waals surface area contributed by atoms with Crippen molar-refractivity contribution in [3.05, 3.63) is 19.4 Å². The number of hydrogen-bond donors (Lipinski definition) is 1. The van der Waals surface area contributed by atoms with Crippen molar-refractivity contribution in [3.8, 4) is 0 Å². The second kappa shape index (κ2) is 2.30. The first-order valence-corrected chi connectivity index (χ1v) is 2.31. The molecule has 0 aliphatic rings. The number of nitrogens with zero attached hydrogens (tertiary/aromatic N) is 1. The molecule has 0 spiro atoms. The van der Waals surface area contributed by atoms with Gasteiger partial charge in [-0.05, 0) is 0 Å². The number of rotatable bonds is 1. The van der Waals surface area contributed by atoms with E-state index in [1.54, 1.807) is 0 Å². The van der Waals surface area contributed by atoms with E-state index in [-0.39, 0.29) is 5.91 Å². The lowest BCUT2D eigenvalue weighted by atomic mass is 10.5. The lowest BCUT2D eigenvalue weighted by Crippen LogP contribution is -2.04. The number of amides is 1. The molecule has 1 rings (SSSR count). The Morgan fingerprint density at radius 2 is 2.67 bits per heavy atom. The summed E-state index contributed by atoms with van der Waals surface area (Å²) in [6.07, 6.45) is 2.71. The number of carbonyl (C=O) groups excluding carboxylic acids is 1. The van der Waals surface area contributed by atoms with Crippen LogP contribution in [0.5, 0.6) is 0 Å². The van der Waals surface area contributed by atoms with Gasteiger partial charge in [0.05, 0.1) is 6.20 Å². The van der Waals surface area contributed by atoms with Crippen molar-refractivity contribution >= 4 is 11.6 Å². The summed E-state index contributed by atoms with van der Waals surface area (Å²) in [4.78, 5) is 10.2. The predicted octanol–water partition coefficient (Wildman–Crippen LogP) is 0.447. The van der Waals surface area contributed by atoms with Crippen molar-refractivity contribution in [1.29, 1.82) is 0 Å². The molecule has 9 heavy (non-hydrogen) atoms. The van der Waals surface area contributed by atoms with Crippen LogP contribution in [0, 0.1) is 6.92 Å². The van der Waals surface area contributed by atoms with Crippen molar-refractivity contribution in [3.63, 3.8) is 0 Å². The number of anilines is 1. The third-order valence-corrected chi connectivity index (χ3v) is 0.716. The van der Waals surface area contributed by atoms with E-state index in [0.717, 1.165) is 0 Å². The number of aromatic nitrogens is 1. The van der Waals surface area contributed by atoms with Crippen LogP contribution in [0.15, 0.2) is 17.0 Å². The molecule has 47 valence electrons. The Bertz CT molecular complexity index is 193. The summed E-state index contributed by atoms with van der Waals surface area (Å²) in [6, 6.07) is 0. The Balaban J connectivity index is 2.58. The van der Waals surface area contributed by atoms with Gasteiger partial charge in [-0.1, -0.05) is 5.16 Å². The summed E-state index contributed by atoms with van der Waals surface area (Å²) in [7, 11) is 0. The molecule has 0 aliphatic heterocycles.